The Bertz CT molecular complexity index is 599. The van der Waals surface area contributed by atoms with Crippen molar-refractivity contribution in [1.29, 1.82) is 0 Å². The van der Waals surface area contributed by atoms with E-state index in [0.29, 0.717) is 0 Å². The van der Waals surface area contributed by atoms with Crippen LogP contribution in [0.15, 0.2) is 40.9 Å². The molecule has 0 radical (unpaired) electrons. The third kappa shape index (κ3) is 3.18. The maximum Gasteiger partial charge on any atom is 0.124 e. The summed E-state index contributed by atoms with van der Waals surface area (Å²) in [7, 11) is 1.65. The molecule has 0 saturated heterocycles. The normalized spacial score (nSPS) is 12.3. The minimum absolute atomic E-state index is 0.00776. The molecule has 0 bridgehead atoms. The lowest BCUT2D eigenvalue weighted by atomic mass is 10.00. The molecule has 19 heavy (non-hydrogen) atoms. The zero-order valence-electron chi connectivity index (χ0n) is 10.6. The van der Waals surface area contributed by atoms with Crippen molar-refractivity contribution in [3.63, 3.8) is 0 Å². The average molecular weight is 388 g/mol. The van der Waals surface area contributed by atoms with Crippen LogP contribution in [0.3, 0.4) is 0 Å². The van der Waals surface area contributed by atoms with Crippen molar-refractivity contribution in [3.05, 3.63) is 63.4 Å². The Balaban J connectivity index is 2.41. The Labute approximate surface area is 129 Å². The standard InChI is InChI=1S/C15H13Br2FO/c1-9-7-11(19-2)4-6-12(9)15(17)13-5-3-10(18)8-14(13)16/h3-8,15H,1-2H3. The van der Waals surface area contributed by atoms with Crippen LogP contribution in [0.2, 0.25) is 0 Å². The lowest BCUT2D eigenvalue weighted by Crippen LogP contribution is -1.98. The highest BCUT2D eigenvalue weighted by atomic mass is 79.9. The maximum absolute atomic E-state index is 13.1. The largest absolute Gasteiger partial charge is 0.497 e. The first-order valence-corrected chi connectivity index (χ1v) is 7.47. The number of benzene rings is 2. The fourth-order valence-corrected chi connectivity index (χ4v) is 3.73. The number of ether oxygens (including phenoxy) is 1. The van der Waals surface area contributed by atoms with Crippen molar-refractivity contribution in [2.45, 2.75) is 11.8 Å². The van der Waals surface area contributed by atoms with Gasteiger partial charge in [-0.05, 0) is 47.9 Å². The lowest BCUT2D eigenvalue weighted by Gasteiger charge is -2.16. The molecule has 4 heteroatoms. The first-order valence-electron chi connectivity index (χ1n) is 5.76. The predicted octanol–water partition coefficient (Wildman–Crippen LogP) is 5.39. The van der Waals surface area contributed by atoms with Gasteiger partial charge in [0.2, 0.25) is 0 Å². The van der Waals surface area contributed by atoms with Crippen molar-refractivity contribution in [2.75, 3.05) is 7.11 Å². The zero-order chi connectivity index (χ0) is 14.0. The molecular weight excluding hydrogens is 375 g/mol. The van der Waals surface area contributed by atoms with Crippen LogP contribution >= 0.6 is 31.9 Å². The summed E-state index contributed by atoms with van der Waals surface area (Å²) in [5.41, 5.74) is 3.25. The third-order valence-corrected chi connectivity index (χ3v) is 4.66. The fourth-order valence-electron chi connectivity index (χ4n) is 1.93. The van der Waals surface area contributed by atoms with E-state index in [1.807, 2.05) is 25.1 Å². The first-order chi connectivity index (χ1) is 9.02. The van der Waals surface area contributed by atoms with E-state index in [-0.39, 0.29) is 10.6 Å². The van der Waals surface area contributed by atoms with Gasteiger partial charge in [-0.3, -0.25) is 0 Å². The molecule has 0 heterocycles. The van der Waals surface area contributed by atoms with E-state index in [1.165, 1.54) is 12.1 Å². The molecule has 0 aliphatic rings. The summed E-state index contributed by atoms with van der Waals surface area (Å²) in [4.78, 5) is 0.00776. The Hall–Kier alpha value is -0.870. The fraction of sp³-hybridized carbons (Fsp3) is 0.200. The molecule has 2 aromatic carbocycles. The van der Waals surface area contributed by atoms with Crippen molar-refractivity contribution >= 4 is 31.9 Å². The molecule has 0 fully saturated rings. The predicted molar refractivity (Wildman–Crippen MR) is 82.6 cm³/mol. The van der Waals surface area contributed by atoms with Gasteiger partial charge in [0, 0.05) is 4.47 Å². The monoisotopic (exact) mass is 386 g/mol. The second-order valence-corrected chi connectivity index (χ2v) is 6.02. The van der Waals surface area contributed by atoms with E-state index < -0.39 is 0 Å². The molecule has 2 rings (SSSR count). The van der Waals surface area contributed by atoms with Crippen LogP contribution in [0.4, 0.5) is 4.39 Å². The van der Waals surface area contributed by atoms with Gasteiger partial charge in [-0.2, -0.15) is 0 Å². The van der Waals surface area contributed by atoms with Crippen LogP contribution in [-0.4, -0.2) is 7.11 Å². The van der Waals surface area contributed by atoms with Gasteiger partial charge in [-0.1, -0.05) is 44.0 Å². The van der Waals surface area contributed by atoms with Crippen LogP contribution < -0.4 is 4.74 Å². The molecule has 0 aliphatic heterocycles. The van der Waals surface area contributed by atoms with Gasteiger partial charge >= 0.3 is 0 Å². The van der Waals surface area contributed by atoms with Crippen LogP contribution in [-0.2, 0) is 0 Å². The summed E-state index contributed by atoms with van der Waals surface area (Å²) in [6, 6.07) is 10.6. The van der Waals surface area contributed by atoms with Gasteiger partial charge in [0.15, 0.2) is 0 Å². The number of hydrogen-bond donors (Lipinski definition) is 0. The minimum atomic E-state index is -0.248. The Morgan fingerprint density at radius 2 is 1.79 bits per heavy atom. The van der Waals surface area contributed by atoms with Crippen molar-refractivity contribution in [1.82, 2.24) is 0 Å². The van der Waals surface area contributed by atoms with Gasteiger partial charge in [0.25, 0.3) is 0 Å². The highest BCUT2D eigenvalue weighted by molar-refractivity contribution is 9.11. The molecule has 0 spiro atoms. The van der Waals surface area contributed by atoms with E-state index >= 15 is 0 Å². The summed E-state index contributed by atoms with van der Waals surface area (Å²) in [6.07, 6.45) is 0. The Morgan fingerprint density at radius 1 is 1.11 bits per heavy atom. The van der Waals surface area contributed by atoms with Crippen LogP contribution in [0.25, 0.3) is 0 Å². The molecule has 2 aromatic rings. The van der Waals surface area contributed by atoms with Crippen LogP contribution in [0, 0.1) is 12.7 Å². The SMILES string of the molecule is COc1ccc(C(Br)c2ccc(F)cc2Br)c(C)c1. The summed E-state index contributed by atoms with van der Waals surface area (Å²) in [6.45, 7) is 2.03. The summed E-state index contributed by atoms with van der Waals surface area (Å²) < 4.78 is 19.1. The number of alkyl halides is 1. The van der Waals surface area contributed by atoms with Crippen molar-refractivity contribution < 1.29 is 9.13 Å². The van der Waals surface area contributed by atoms with E-state index in [4.69, 9.17) is 4.74 Å². The highest BCUT2D eigenvalue weighted by Crippen LogP contribution is 2.37. The first kappa shape index (κ1) is 14.5. The van der Waals surface area contributed by atoms with Crippen molar-refractivity contribution in [2.24, 2.45) is 0 Å². The lowest BCUT2D eigenvalue weighted by molar-refractivity contribution is 0.414. The van der Waals surface area contributed by atoms with E-state index in [9.17, 15) is 4.39 Å². The minimum Gasteiger partial charge on any atom is -0.497 e. The molecule has 100 valence electrons. The van der Waals surface area contributed by atoms with Gasteiger partial charge in [0.05, 0.1) is 11.9 Å². The highest BCUT2D eigenvalue weighted by Gasteiger charge is 2.16. The molecular formula is C15H13Br2FO. The number of aryl methyl sites for hydroxylation is 1. The van der Waals surface area contributed by atoms with E-state index in [1.54, 1.807) is 13.2 Å². The number of hydrogen-bond acceptors (Lipinski definition) is 1. The summed E-state index contributed by atoms with van der Waals surface area (Å²) in [5, 5.41) is 0. The number of rotatable bonds is 3. The molecule has 1 unspecified atom stereocenters. The van der Waals surface area contributed by atoms with E-state index in [0.717, 1.165) is 26.9 Å². The van der Waals surface area contributed by atoms with E-state index in [2.05, 4.69) is 31.9 Å². The molecule has 0 N–H and O–H groups in total. The topological polar surface area (TPSA) is 9.23 Å². The Kier molecular flexibility index (Phi) is 4.63. The van der Waals surface area contributed by atoms with Crippen LogP contribution in [0.1, 0.15) is 21.5 Å². The van der Waals surface area contributed by atoms with Gasteiger partial charge < -0.3 is 4.74 Å². The van der Waals surface area contributed by atoms with Gasteiger partial charge in [-0.15, -0.1) is 0 Å². The average Bonchev–Trinajstić information content (AvgIpc) is 2.37. The second-order valence-electron chi connectivity index (χ2n) is 4.25. The second kappa shape index (κ2) is 6.06. The quantitative estimate of drug-likeness (QED) is 0.641. The maximum atomic E-state index is 13.1. The third-order valence-electron chi connectivity index (χ3n) is 2.99. The van der Waals surface area contributed by atoms with Crippen LogP contribution in [0.5, 0.6) is 5.75 Å². The molecule has 0 aliphatic carbocycles. The molecule has 1 atom stereocenters. The molecule has 1 nitrogen and oxygen atoms in total. The molecule has 0 aromatic heterocycles. The zero-order valence-corrected chi connectivity index (χ0v) is 13.8. The summed E-state index contributed by atoms with van der Waals surface area (Å²) in [5.74, 6) is 0.584. The molecule has 0 amide bonds. The molecule has 0 saturated carbocycles. The van der Waals surface area contributed by atoms with Gasteiger partial charge in [0.1, 0.15) is 11.6 Å². The van der Waals surface area contributed by atoms with Crippen molar-refractivity contribution in [3.8, 4) is 5.75 Å². The summed E-state index contributed by atoms with van der Waals surface area (Å²) >= 11 is 7.08. The van der Waals surface area contributed by atoms with Gasteiger partial charge in [-0.25, -0.2) is 4.39 Å². The number of methoxy groups -OCH3 is 1. The number of halogens is 3. The smallest absolute Gasteiger partial charge is 0.124 e. The Morgan fingerprint density at radius 3 is 2.37 bits per heavy atom.